The fourth-order valence-electron chi connectivity index (χ4n) is 2.70. The monoisotopic (exact) mass is 331 g/mol. The minimum Gasteiger partial charge on any atom is -0.463 e. The molecular formula is C20H17N3O2. The number of aromatic nitrogens is 2. The molecule has 0 aliphatic heterocycles. The first-order chi connectivity index (χ1) is 12.1. The normalized spacial score (nSPS) is 10.9. The quantitative estimate of drug-likeness (QED) is 0.539. The third-order valence-corrected chi connectivity index (χ3v) is 3.81. The van der Waals surface area contributed by atoms with Gasteiger partial charge in [0.05, 0.1) is 29.3 Å². The van der Waals surface area contributed by atoms with Gasteiger partial charge < -0.3 is 9.30 Å². The van der Waals surface area contributed by atoms with Crippen LogP contribution in [0.15, 0.2) is 48.7 Å². The van der Waals surface area contributed by atoms with Gasteiger partial charge in [0.15, 0.2) is 0 Å². The van der Waals surface area contributed by atoms with E-state index in [-0.39, 0.29) is 5.97 Å². The number of nitriles is 1. The van der Waals surface area contributed by atoms with Crippen LogP contribution in [0.4, 0.5) is 0 Å². The third-order valence-electron chi connectivity index (χ3n) is 3.81. The Hall–Kier alpha value is -3.39. The summed E-state index contributed by atoms with van der Waals surface area (Å²) in [5.74, 6) is -0.374. The average molecular weight is 331 g/mol. The molecule has 2 heterocycles. The van der Waals surface area contributed by atoms with Crippen molar-refractivity contribution < 1.29 is 9.53 Å². The van der Waals surface area contributed by atoms with Gasteiger partial charge in [0, 0.05) is 23.7 Å². The summed E-state index contributed by atoms with van der Waals surface area (Å²) in [4.78, 5) is 15.9. The molecule has 0 radical (unpaired) electrons. The van der Waals surface area contributed by atoms with Gasteiger partial charge in [0.2, 0.25) is 0 Å². The lowest BCUT2D eigenvalue weighted by Gasteiger charge is -2.08. The maximum absolute atomic E-state index is 11.5. The molecule has 0 aliphatic carbocycles. The van der Waals surface area contributed by atoms with E-state index in [9.17, 15) is 4.79 Å². The Kier molecular flexibility index (Phi) is 4.62. The first-order valence-electron chi connectivity index (χ1n) is 7.96. The summed E-state index contributed by atoms with van der Waals surface area (Å²) in [5.41, 5.74) is 5.24. The Morgan fingerprint density at radius 2 is 2.08 bits per heavy atom. The van der Waals surface area contributed by atoms with E-state index in [2.05, 4.69) is 15.6 Å². The zero-order valence-electron chi connectivity index (χ0n) is 14.1. The summed E-state index contributed by atoms with van der Waals surface area (Å²) in [6.45, 7) is 4.13. The highest BCUT2D eigenvalue weighted by atomic mass is 16.5. The highest BCUT2D eigenvalue weighted by Gasteiger charge is 2.09. The SMILES string of the molecule is CCOC(=O)/C=C/c1cnc2cc(C)n(-c3ccc(C#N)cc3)c2c1. The highest BCUT2D eigenvalue weighted by molar-refractivity contribution is 5.88. The van der Waals surface area contributed by atoms with Crippen LogP contribution in [0.25, 0.3) is 22.8 Å². The van der Waals surface area contributed by atoms with Crippen LogP contribution in [0.5, 0.6) is 0 Å². The summed E-state index contributed by atoms with van der Waals surface area (Å²) in [7, 11) is 0. The zero-order chi connectivity index (χ0) is 17.8. The minimum absolute atomic E-state index is 0.348. The Morgan fingerprint density at radius 3 is 2.76 bits per heavy atom. The number of ether oxygens (including phenoxy) is 1. The number of pyridine rings is 1. The molecule has 0 atom stereocenters. The molecule has 25 heavy (non-hydrogen) atoms. The molecule has 0 saturated carbocycles. The number of nitrogens with zero attached hydrogens (tertiary/aromatic N) is 3. The van der Waals surface area contributed by atoms with Crippen molar-refractivity contribution in [3.8, 4) is 11.8 Å². The second-order valence-corrected chi connectivity index (χ2v) is 5.54. The molecule has 0 aliphatic rings. The standard InChI is InChI=1S/C20H17N3O2/c1-3-25-20(24)9-6-16-11-19-18(22-13-16)10-14(2)23(19)17-7-4-15(12-21)5-8-17/h4-11,13H,3H2,1-2H3/b9-6+. The van der Waals surface area contributed by atoms with Crippen LogP contribution in [0, 0.1) is 18.3 Å². The van der Waals surface area contributed by atoms with Gasteiger partial charge in [-0.15, -0.1) is 0 Å². The third kappa shape index (κ3) is 3.43. The van der Waals surface area contributed by atoms with Gasteiger partial charge in [-0.1, -0.05) is 0 Å². The topological polar surface area (TPSA) is 67.9 Å². The van der Waals surface area contributed by atoms with Crippen LogP contribution >= 0.6 is 0 Å². The number of benzene rings is 1. The lowest BCUT2D eigenvalue weighted by molar-refractivity contribution is -0.137. The summed E-state index contributed by atoms with van der Waals surface area (Å²) >= 11 is 0. The number of hydrogen-bond acceptors (Lipinski definition) is 4. The smallest absolute Gasteiger partial charge is 0.330 e. The zero-order valence-corrected chi connectivity index (χ0v) is 14.1. The predicted octanol–water partition coefficient (Wildman–Crippen LogP) is 3.78. The highest BCUT2D eigenvalue weighted by Crippen LogP contribution is 2.24. The van der Waals surface area contributed by atoms with Crippen molar-refractivity contribution in [3.63, 3.8) is 0 Å². The molecular weight excluding hydrogens is 314 g/mol. The Bertz CT molecular complexity index is 992. The molecule has 0 bridgehead atoms. The first kappa shape index (κ1) is 16.5. The molecule has 0 spiro atoms. The van der Waals surface area contributed by atoms with Crippen molar-refractivity contribution >= 4 is 23.1 Å². The molecule has 3 aromatic rings. The van der Waals surface area contributed by atoms with E-state index in [0.29, 0.717) is 12.2 Å². The van der Waals surface area contributed by atoms with Crippen LogP contribution < -0.4 is 0 Å². The van der Waals surface area contributed by atoms with Crippen molar-refractivity contribution in [2.24, 2.45) is 0 Å². The van der Waals surface area contributed by atoms with Gasteiger partial charge in [0.1, 0.15) is 0 Å². The number of rotatable bonds is 4. The predicted molar refractivity (Wildman–Crippen MR) is 96.2 cm³/mol. The van der Waals surface area contributed by atoms with Crippen LogP contribution in [0.1, 0.15) is 23.7 Å². The minimum atomic E-state index is -0.374. The Morgan fingerprint density at radius 1 is 1.32 bits per heavy atom. The molecule has 0 amide bonds. The van der Waals surface area contributed by atoms with Gasteiger partial charge in [-0.2, -0.15) is 5.26 Å². The van der Waals surface area contributed by atoms with Crippen LogP contribution in [0.2, 0.25) is 0 Å². The number of esters is 1. The van der Waals surface area contributed by atoms with Crippen molar-refractivity contribution in [1.82, 2.24) is 9.55 Å². The Labute approximate surface area is 145 Å². The van der Waals surface area contributed by atoms with Gasteiger partial charge >= 0.3 is 5.97 Å². The lowest BCUT2D eigenvalue weighted by Crippen LogP contribution is -1.99. The molecule has 0 N–H and O–H groups in total. The number of carbonyl (C=O) groups is 1. The van der Waals surface area contributed by atoms with Gasteiger partial charge in [0.25, 0.3) is 0 Å². The van der Waals surface area contributed by atoms with E-state index in [1.165, 1.54) is 6.08 Å². The van der Waals surface area contributed by atoms with Crippen molar-refractivity contribution in [3.05, 3.63) is 65.5 Å². The van der Waals surface area contributed by atoms with E-state index < -0.39 is 0 Å². The lowest BCUT2D eigenvalue weighted by atomic mass is 10.2. The van der Waals surface area contributed by atoms with Crippen molar-refractivity contribution in [2.75, 3.05) is 6.61 Å². The van der Waals surface area contributed by atoms with E-state index in [1.54, 1.807) is 31.3 Å². The largest absolute Gasteiger partial charge is 0.463 e. The van der Waals surface area contributed by atoms with Crippen molar-refractivity contribution in [2.45, 2.75) is 13.8 Å². The molecule has 0 unspecified atom stereocenters. The number of aryl methyl sites for hydroxylation is 1. The molecule has 0 saturated heterocycles. The van der Waals surface area contributed by atoms with Crippen LogP contribution in [-0.2, 0) is 9.53 Å². The molecule has 5 heteroatoms. The molecule has 124 valence electrons. The maximum atomic E-state index is 11.5. The molecule has 3 rings (SSSR count). The second kappa shape index (κ2) is 7.02. The molecule has 5 nitrogen and oxygen atoms in total. The van der Waals surface area contributed by atoms with E-state index in [1.807, 2.05) is 31.2 Å². The first-order valence-corrected chi connectivity index (χ1v) is 7.96. The summed E-state index contributed by atoms with van der Waals surface area (Å²) < 4.78 is 6.97. The fourth-order valence-corrected chi connectivity index (χ4v) is 2.70. The second-order valence-electron chi connectivity index (χ2n) is 5.54. The van der Waals surface area contributed by atoms with E-state index >= 15 is 0 Å². The number of carbonyl (C=O) groups excluding carboxylic acids is 1. The van der Waals surface area contributed by atoms with E-state index in [4.69, 9.17) is 10.00 Å². The van der Waals surface area contributed by atoms with Crippen LogP contribution in [-0.4, -0.2) is 22.1 Å². The van der Waals surface area contributed by atoms with Gasteiger partial charge in [-0.05, 0) is 61.9 Å². The number of hydrogen-bond donors (Lipinski definition) is 0. The molecule has 2 aromatic heterocycles. The summed E-state index contributed by atoms with van der Waals surface area (Å²) in [5, 5.41) is 8.95. The summed E-state index contributed by atoms with van der Waals surface area (Å²) in [6, 6.07) is 13.5. The summed E-state index contributed by atoms with van der Waals surface area (Å²) in [6.07, 6.45) is 4.81. The van der Waals surface area contributed by atoms with E-state index in [0.717, 1.165) is 28.0 Å². The van der Waals surface area contributed by atoms with Crippen LogP contribution in [0.3, 0.4) is 0 Å². The maximum Gasteiger partial charge on any atom is 0.330 e. The molecule has 0 fully saturated rings. The Balaban J connectivity index is 2.03. The van der Waals surface area contributed by atoms with Gasteiger partial charge in [-0.25, -0.2) is 4.79 Å². The fraction of sp³-hybridized carbons (Fsp3) is 0.150. The van der Waals surface area contributed by atoms with Gasteiger partial charge in [-0.3, -0.25) is 4.98 Å². The van der Waals surface area contributed by atoms with Crippen molar-refractivity contribution in [1.29, 1.82) is 5.26 Å². The molecule has 1 aromatic carbocycles. The number of fused-ring (bicyclic) bond motifs is 1. The average Bonchev–Trinajstić information content (AvgIpc) is 2.95.